The van der Waals surface area contributed by atoms with Crippen LogP contribution < -0.4 is 5.32 Å². The molecule has 13 heteroatoms. The first kappa shape index (κ1) is 23.8. The Bertz CT molecular complexity index is 995. The van der Waals surface area contributed by atoms with Gasteiger partial charge in [-0.3, -0.25) is 4.57 Å². The summed E-state index contributed by atoms with van der Waals surface area (Å²) in [7, 11) is -4.34. The number of rotatable bonds is 8. The van der Waals surface area contributed by atoms with Gasteiger partial charge in [-0.05, 0) is 36.6 Å². The number of ether oxygens (including phenoxy) is 2. The van der Waals surface area contributed by atoms with Crippen LogP contribution in [0.5, 0.6) is 0 Å². The number of hydrogen-bond acceptors (Lipinski definition) is 8. The van der Waals surface area contributed by atoms with Gasteiger partial charge in [0.2, 0.25) is 5.28 Å². The van der Waals surface area contributed by atoms with Crippen molar-refractivity contribution in [3.63, 3.8) is 0 Å². The van der Waals surface area contributed by atoms with Gasteiger partial charge < -0.3 is 34.8 Å². The van der Waals surface area contributed by atoms with E-state index in [1.165, 1.54) is 12.8 Å². The van der Waals surface area contributed by atoms with Gasteiger partial charge in [0.05, 0.1) is 12.7 Å². The van der Waals surface area contributed by atoms with E-state index < -0.39 is 38.4 Å². The lowest BCUT2D eigenvalue weighted by atomic mass is 9.95. The fourth-order valence-electron chi connectivity index (χ4n) is 4.49. The van der Waals surface area contributed by atoms with E-state index in [4.69, 9.17) is 30.9 Å². The number of aliphatic hydroxyl groups excluding tert-OH is 2. The molecule has 2 fully saturated rings. The number of aliphatic hydroxyl groups is 2. The van der Waals surface area contributed by atoms with Gasteiger partial charge in [-0.25, -0.2) is 4.52 Å². The van der Waals surface area contributed by atoms with Crippen LogP contribution in [0.4, 0.5) is 5.82 Å². The van der Waals surface area contributed by atoms with Crippen LogP contribution in [0.2, 0.25) is 5.28 Å². The molecule has 32 heavy (non-hydrogen) atoms. The number of anilines is 1. The van der Waals surface area contributed by atoms with Gasteiger partial charge in [-0.15, -0.1) is 5.10 Å². The Hall–Kier alpha value is -1.30. The summed E-state index contributed by atoms with van der Waals surface area (Å²) in [6, 6.07) is 4.06. The molecule has 2 aromatic rings. The van der Waals surface area contributed by atoms with Crippen molar-refractivity contribution in [3.8, 4) is 0 Å². The minimum Gasteiger partial charge on any atom is -0.388 e. The van der Waals surface area contributed by atoms with Crippen molar-refractivity contribution < 1.29 is 34.0 Å². The van der Waals surface area contributed by atoms with Gasteiger partial charge in [0, 0.05) is 17.7 Å². The Morgan fingerprint density at radius 1 is 1.31 bits per heavy atom. The van der Waals surface area contributed by atoms with Crippen molar-refractivity contribution in [2.24, 2.45) is 0 Å². The molecule has 2 unspecified atom stereocenters. The molecule has 4 rings (SSSR count). The lowest BCUT2D eigenvalue weighted by Gasteiger charge is -2.22. The molecule has 5 atom stereocenters. The van der Waals surface area contributed by atoms with Gasteiger partial charge in [0.15, 0.2) is 5.82 Å². The highest BCUT2D eigenvalue weighted by molar-refractivity contribution is 7.51. The van der Waals surface area contributed by atoms with E-state index in [2.05, 4.69) is 15.4 Å². The van der Waals surface area contributed by atoms with E-state index in [1.54, 1.807) is 4.52 Å². The molecule has 2 aromatic heterocycles. The second kappa shape index (κ2) is 9.52. The molecular formula is C19H28ClN4O7P. The van der Waals surface area contributed by atoms with Crippen LogP contribution >= 0.6 is 19.2 Å². The molecule has 1 aliphatic heterocycles. The predicted octanol–water partition coefficient (Wildman–Crippen LogP) is 1.48. The van der Waals surface area contributed by atoms with Crippen molar-refractivity contribution in [1.29, 1.82) is 0 Å². The monoisotopic (exact) mass is 490 g/mol. The zero-order valence-electron chi connectivity index (χ0n) is 17.5. The molecule has 2 aliphatic rings. The number of nitrogens with one attached hydrogen (secondary N) is 1. The van der Waals surface area contributed by atoms with Gasteiger partial charge >= 0.3 is 7.60 Å². The SMILES string of the molecule is CC(c1ccc2c(NC3CCCC3)nc(Cl)nn12)C1O[C@H](COCP(=O)(O)O)[C@@H](O)[C@H]1O. The summed E-state index contributed by atoms with van der Waals surface area (Å²) in [4.78, 5) is 22.2. The largest absolute Gasteiger partial charge is 0.388 e. The highest BCUT2D eigenvalue weighted by atomic mass is 35.5. The van der Waals surface area contributed by atoms with E-state index in [9.17, 15) is 14.8 Å². The fraction of sp³-hybridized carbons (Fsp3) is 0.684. The highest BCUT2D eigenvalue weighted by Gasteiger charge is 2.46. The predicted molar refractivity (Wildman–Crippen MR) is 116 cm³/mol. The molecule has 1 saturated carbocycles. The van der Waals surface area contributed by atoms with Crippen molar-refractivity contribution in [3.05, 3.63) is 23.1 Å². The molecule has 1 saturated heterocycles. The Morgan fingerprint density at radius 2 is 2.03 bits per heavy atom. The number of hydrogen-bond donors (Lipinski definition) is 5. The quantitative estimate of drug-likeness (QED) is 0.343. The molecule has 0 amide bonds. The van der Waals surface area contributed by atoms with Crippen LogP contribution in [0, 0.1) is 0 Å². The van der Waals surface area contributed by atoms with E-state index in [0.29, 0.717) is 17.6 Å². The molecule has 0 bridgehead atoms. The second-order valence-corrected chi connectivity index (χ2v) is 10.4. The summed E-state index contributed by atoms with van der Waals surface area (Å²) < 4.78 is 23.4. The summed E-state index contributed by atoms with van der Waals surface area (Å²) in [5.41, 5.74) is 1.46. The van der Waals surface area contributed by atoms with Crippen molar-refractivity contribution >= 4 is 30.5 Å². The Balaban J connectivity index is 1.52. The zero-order chi connectivity index (χ0) is 23.0. The maximum atomic E-state index is 11.0. The van der Waals surface area contributed by atoms with Crippen LogP contribution in [-0.2, 0) is 14.0 Å². The first-order valence-corrected chi connectivity index (χ1v) is 12.8. The van der Waals surface area contributed by atoms with Crippen LogP contribution in [0.25, 0.3) is 5.52 Å². The molecule has 0 spiro atoms. The Labute approximate surface area is 189 Å². The number of fused-ring (bicyclic) bond motifs is 1. The summed E-state index contributed by atoms with van der Waals surface area (Å²) in [6.07, 6.45) is -0.476. The molecule has 1 aliphatic carbocycles. The van der Waals surface area contributed by atoms with E-state index >= 15 is 0 Å². The summed E-state index contributed by atoms with van der Waals surface area (Å²) in [5.74, 6) is 0.256. The number of halogens is 1. The van der Waals surface area contributed by atoms with E-state index in [-0.39, 0.29) is 17.8 Å². The van der Waals surface area contributed by atoms with Crippen LogP contribution in [0.1, 0.15) is 44.2 Å². The normalized spacial score (nSPS) is 27.9. The lowest BCUT2D eigenvalue weighted by molar-refractivity contribution is -0.0436. The van der Waals surface area contributed by atoms with Crippen LogP contribution in [0.3, 0.4) is 0 Å². The van der Waals surface area contributed by atoms with Gasteiger partial charge in [0.1, 0.15) is 30.2 Å². The van der Waals surface area contributed by atoms with Crippen molar-refractivity contribution in [2.75, 3.05) is 18.3 Å². The first-order chi connectivity index (χ1) is 15.1. The summed E-state index contributed by atoms with van der Waals surface area (Å²) in [6.45, 7) is 1.58. The Kier molecular flexibility index (Phi) is 7.09. The Morgan fingerprint density at radius 3 is 2.72 bits per heavy atom. The zero-order valence-corrected chi connectivity index (χ0v) is 19.2. The third kappa shape index (κ3) is 5.10. The summed E-state index contributed by atoms with van der Waals surface area (Å²) in [5, 5.41) is 28.8. The van der Waals surface area contributed by atoms with Crippen molar-refractivity contribution in [2.45, 2.75) is 69.0 Å². The molecule has 0 radical (unpaired) electrons. The van der Waals surface area contributed by atoms with Gasteiger partial charge in [-0.2, -0.15) is 4.98 Å². The standard InChI is InChI=1S/C19H28ClN4O7P/c1-10(17-16(26)15(25)14(31-17)8-30-9-32(27,28)29)12-6-7-13-18(21-11-4-2-3-5-11)22-19(20)23-24(12)13/h6-7,10-11,14-17,25-26H,2-5,8-9H2,1H3,(H,21,22,23)(H2,27,28,29)/t10?,14-,15-,16-,17?/m1/s1. The smallest absolute Gasteiger partial charge is 0.350 e. The highest BCUT2D eigenvalue weighted by Crippen LogP contribution is 2.36. The minimum atomic E-state index is -4.34. The van der Waals surface area contributed by atoms with Gasteiger partial charge in [0.25, 0.3) is 0 Å². The van der Waals surface area contributed by atoms with Crippen molar-refractivity contribution in [1.82, 2.24) is 14.6 Å². The second-order valence-electron chi connectivity index (χ2n) is 8.48. The van der Waals surface area contributed by atoms with Crippen LogP contribution in [0.15, 0.2) is 12.1 Å². The molecule has 3 heterocycles. The van der Waals surface area contributed by atoms with E-state index in [1.807, 2.05) is 19.1 Å². The minimum absolute atomic E-state index is 0.0827. The fourth-order valence-corrected chi connectivity index (χ4v) is 4.99. The van der Waals surface area contributed by atoms with Crippen LogP contribution in [-0.4, -0.2) is 78.0 Å². The average Bonchev–Trinajstić information content (AvgIpc) is 3.43. The van der Waals surface area contributed by atoms with E-state index in [0.717, 1.165) is 18.4 Å². The number of nitrogens with zero attached hydrogens (tertiary/aromatic N) is 3. The maximum absolute atomic E-state index is 11.0. The summed E-state index contributed by atoms with van der Waals surface area (Å²) >= 11 is 6.19. The third-order valence-electron chi connectivity index (χ3n) is 6.11. The average molecular weight is 491 g/mol. The molecule has 178 valence electrons. The molecule has 11 nitrogen and oxygen atoms in total. The molecule has 5 N–H and O–H groups in total. The molecular weight excluding hydrogens is 463 g/mol. The lowest BCUT2D eigenvalue weighted by Crippen LogP contribution is -2.36. The maximum Gasteiger partial charge on any atom is 0.350 e. The topological polar surface area (TPSA) is 159 Å². The third-order valence-corrected chi connectivity index (χ3v) is 6.79. The first-order valence-electron chi connectivity index (χ1n) is 10.6. The molecule has 0 aromatic carbocycles. The van der Waals surface area contributed by atoms with Gasteiger partial charge in [-0.1, -0.05) is 19.8 Å². The number of aromatic nitrogens is 3.